The van der Waals surface area contributed by atoms with Crippen LogP contribution in [0.15, 0.2) is 24.3 Å². The molecule has 0 aromatic carbocycles. The number of hydrogen-bond acceptors (Lipinski definition) is 1. The lowest BCUT2D eigenvalue weighted by Crippen LogP contribution is -2.21. The van der Waals surface area contributed by atoms with E-state index >= 15 is 0 Å². The summed E-state index contributed by atoms with van der Waals surface area (Å²) in [6.07, 6.45) is 22.3. The van der Waals surface area contributed by atoms with Gasteiger partial charge in [0.1, 0.15) is 0 Å². The Kier molecular flexibility index (Phi) is 16.2. The van der Waals surface area contributed by atoms with Crippen LogP contribution in [0, 0.1) is 0 Å². The maximum absolute atomic E-state index is 11.0. The average Bonchev–Trinajstić information content (AvgIpc) is 2.51. The summed E-state index contributed by atoms with van der Waals surface area (Å²) in [5.41, 5.74) is 0. The Morgan fingerprint density at radius 1 is 0.667 bits per heavy atom. The summed E-state index contributed by atoms with van der Waals surface area (Å²) in [4.78, 5) is 12.8. The van der Waals surface area contributed by atoms with Gasteiger partial charge in [0.2, 0.25) is 6.41 Å². The monoisotopic (exact) mass is 293 g/mol. The molecule has 0 spiro atoms. The molecular formula is C19H35NO. The van der Waals surface area contributed by atoms with E-state index in [1.54, 1.807) is 0 Å². The number of amides is 1. The van der Waals surface area contributed by atoms with Gasteiger partial charge >= 0.3 is 0 Å². The molecule has 0 aliphatic rings. The Morgan fingerprint density at radius 3 is 1.52 bits per heavy atom. The van der Waals surface area contributed by atoms with Crippen LogP contribution in [0.1, 0.15) is 78.1 Å². The van der Waals surface area contributed by atoms with Gasteiger partial charge in [-0.25, -0.2) is 0 Å². The minimum atomic E-state index is 0.734. The van der Waals surface area contributed by atoms with Gasteiger partial charge < -0.3 is 4.90 Å². The molecule has 0 unspecified atom stereocenters. The lowest BCUT2D eigenvalue weighted by Gasteiger charge is -2.11. The van der Waals surface area contributed by atoms with Gasteiger partial charge in [0, 0.05) is 13.1 Å². The van der Waals surface area contributed by atoms with Crippen molar-refractivity contribution >= 4 is 6.41 Å². The van der Waals surface area contributed by atoms with Crippen molar-refractivity contribution in [2.24, 2.45) is 0 Å². The highest BCUT2D eigenvalue weighted by Crippen LogP contribution is 2.04. The van der Waals surface area contributed by atoms with Crippen molar-refractivity contribution in [1.29, 1.82) is 0 Å². The number of carbonyl (C=O) groups excluding carboxylic acids is 1. The van der Waals surface area contributed by atoms with E-state index < -0.39 is 0 Å². The number of allylic oxidation sites excluding steroid dienone is 2. The van der Waals surface area contributed by atoms with Crippen LogP contribution in [0.2, 0.25) is 0 Å². The van der Waals surface area contributed by atoms with Crippen LogP contribution in [0.3, 0.4) is 0 Å². The van der Waals surface area contributed by atoms with Gasteiger partial charge in [0.25, 0.3) is 0 Å². The topological polar surface area (TPSA) is 20.3 Å². The van der Waals surface area contributed by atoms with E-state index in [9.17, 15) is 4.79 Å². The largest absolute Gasteiger partial charge is 0.338 e. The van der Waals surface area contributed by atoms with Crippen LogP contribution < -0.4 is 0 Å². The molecule has 0 aromatic heterocycles. The molecule has 2 heteroatoms. The highest BCUT2D eigenvalue weighted by atomic mass is 16.1. The summed E-state index contributed by atoms with van der Waals surface area (Å²) in [5.74, 6) is 0. The molecule has 122 valence electrons. The number of unbranched alkanes of at least 4 members (excludes halogenated alkanes) is 8. The summed E-state index contributed by atoms with van der Waals surface area (Å²) in [7, 11) is 0. The van der Waals surface area contributed by atoms with Crippen LogP contribution in [0.4, 0.5) is 0 Å². The van der Waals surface area contributed by atoms with E-state index in [0.29, 0.717) is 0 Å². The molecule has 0 aliphatic heterocycles. The van der Waals surface area contributed by atoms with Crippen molar-refractivity contribution in [3.8, 4) is 0 Å². The van der Waals surface area contributed by atoms with Crippen molar-refractivity contribution in [2.45, 2.75) is 78.1 Å². The lowest BCUT2D eigenvalue weighted by molar-refractivity contribution is -0.117. The van der Waals surface area contributed by atoms with E-state index in [-0.39, 0.29) is 0 Å². The minimum Gasteiger partial charge on any atom is -0.338 e. The fraction of sp³-hybridized carbons (Fsp3) is 0.737. The third-order valence-corrected chi connectivity index (χ3v) is 3.61. The molecule has 0 rings (SSSR count). The second-order valence-electron chi connectivity index (χ2n) is 5.70. The average molecular weight is 293 g/mol. The first kappa shape index (κ1) is 19.9. The fourth-order valence-corrected chi connectivity index (χ4v) is 2.19. The Hall–Kier alpha value is -1.05. The molecule has 1 amide bonds. The molecule has 0 atom stereocenters. The number of nitrogens with zero attached hydrogens (tertiary/aromatic N) is 1. The van der Waals surface area contributed by atoms with Crippen LogP contribution in [-0.4, -0.2) is 24.4 Å². The Bertz CT molecular complexity index is 247. The van der Waals surface area contributed by atoms with Gasteiger partial charge in [-0.15, -0.1) is 0 Å². The van der Waals surface area contributed by atoms with E-state index in [2.05, 4.69) is 38.2 Å². The summed E-state index contributed by atoms with van der Waals surface area (Å²) >= 11 is 0. The maximum atomic E-state index is 11.0. The predicted octanol–water partition coefficient (Wildman–Crippen LogP) is 5.50. The van der Waals surface area contributed by atoms with E-state index in [1.807, 2.05) is 4.90 Å². The number of carbonyl (C=O) groups is 1. The van der Waals surface area contributed by atoms with Crippen LogP contribution >= 0.6 is 0 Å². The standard InChI is InChI=1S/C19H35NO/c1-3-5-7-9-11-13-15-17-20(19-21)18-16-14-12-10-8-6-4-2/h13-16,19H,3-12,17-18H2,1-2H3/b15-13+,16-14+. The van der Waals surface area contributed by atoms with Crippen molar-refractivity contribution in [1.82, 2.24) is 4.90 Å². The SMILES string of the molecule is CCCCCC/C=C/CN(C=O)C/C=C/CCCCCC. The zero-order chi connectivity index (χ0) is 15.6. The molecule has 2 nitrogen and oxygen atoms in total. The van der Waals surface area contributed by atoms with Crippen molar-refractivity contribution in [3.63, 3.8) is 0 Å². The zero-order valence-corrected chi connectivity index (χ0v) is 14.2. The summed E-state index contributed by atoms with van der Waals surface area (Å²) in [6.45, 7) is 5.93. The Morgan fingerprint density at radius 2 is 1.14 bits per heavy atom. The first-order valence-corrected chi connectivity index (χ1v) is 8.84. The van der Waals surface area contributed by atoms with Gasteiger partial charge in [-0.2, -0.15) is 0 Å². The molecule has 21 heavy (non-hydrogen) atoms. The zero-order valence-electron chi connectivity index (χ0n) is 14.2. The Balaban J connectivity index is 3.58. The van der Waals surface area contributed by atoms with Crippen molar-refractivity contribution in [3.05, 3.63) is 24.3 Å². The molecule has 0 N–H and O–H groups in total. The Labute approximate surface area is 132 Å². The lowest BCUT2D eigenvalue weighted by atomic mass is 10.1. The van der Waals surface area contributed by atoms with Gasteiger partial charge in [-0.3, -0.25) is 4.79 Å². The summed E-state index contributed by atoms with van der Waals surface area (Å²) in [5, 5.41) is 0. The quantitative estimate of drug-likeness (QED) is 0.222. The van der Waals surface area contributed by atoms with E-state index in [1.165, 1.54) is 51.4 Å². The highest BCUT2D eigenvalue weighted by Gasteiger charge is 1.94. The van der Waals surface area contributed by atoms with Crippen LogP contribution in [-0.2, 0) is 4.79 Å². The van der Waals surface area contributed by atoms with Gasteiger partial charge in [0.05, 0.1) is 0 Å². The molecular weight excluding hydrogens is 258 g/mol. The molecule has 0 fully saturated rings. The molecule has 0 bridgehead atoms. The molecule has 0 heterocycles. The second-order valence-corrected chi connectivity index (χ2v) is 5.70. The third-order valence-electron chi connectivity index (χ3n) is 3.61. The first-order valence-electron chi connectivity index (χ1n) is 8.84. The summed E-state index contributed by atoms with van der Waals surface area (Å²) < 4.78 is 0. The van der Waals surface area contributed by atoms with Crippen LogP contribution in [0.5, 0.6) is 0 Å². The normalized spacial score (nSPS) is 11.5. The van der Waals surface area contributed by atoms with Gasteiger partial charge in [0.15, 0.2) is 0 Å². The van der Waals surface area contributed by atoms with Crippen molar-refractivity contribution in [2.75, 3.05) is 13.1 Å². The molecule has 0 aliphatic carbocycles. The first-order chi connectivity index (χ1) is 10.3. The predicted molar refractivity (Wildman–Crippen MR) is 93.4 cm³/mol. The smallest absolute Gasteiger partial charge is 0.210 e. The van der Waals surface area contributed by atoms with E-state index in [4.69, 9.17) is 0 Å². The number of hydrogen-bond donors (Lipinski definition) is 0. The van der Waals surface area contributed by atoms with Gasteiger partial charge in [-0.1, -0.05) is 76.7 Å². The molecule has 0 radical (unpaired) electrons. The minimum absolute atomic E-state index is 0.734. The summed E-state index contributed by atoms with van der Waals surface area (Å²) in [6, 6.07) is 0. The highest BCUT2D eigenvalue weighted by molar-refractivity contribution is 5.47. The van der Waals surface area contributed by atoms with Crippen molar-refractivity contribution < 1.29 is 4.79 Å². The van der Waals surface area contributed by atoms with Crippen LogP contribution in [0.25, 0.3) is 0 Å². The molecule has 0 aromatic rings. The van der Waals surface area contributed by atoms with Gasteiger partial charge in [-0.05, 0) is 25.7 Å². The maximum Gasteiger partial charge on any atom is 0.210 e. The second kappa shape index (κ2) is 17.0. The van der Waals surface area contributed by atoms with E-state index in [0.717, 1.165) is 32.3 Å². The molecule has 0 saturated carbocycles. The molecule has 0 saturated heterocycles. The third kappa shape index (κ3) is 15.2. The fourth-order valence-electron chi connectivity index (χ4n) is 2.19. The number of rotatable bonds is 15.